The lowest BCUT2D eigenvalue weighted by Crippen LogP contribution is -2.34. The summed E-state index contributed by atoms with van der Waals surface area (Å²) in [5.74, 6) is -0.856. The zero-order valence-electron chi connectivity index (χ0n) is 17.4. The molecule has 9 heteroatoms. The lowest BCUT2D eigenvalue weighted by atomic mass is 10.2. The molecule has 6 nitrogen and oxygen atoms in total. The van der Waals surface area contributed by atoms with E-state index in [4.69, 9.17) is 11.6 Å². The lowest BCUT2D eigenvalue weighted by molar-refractivity contribution is -0.116. The summed E-state index contributed by atoms with van der Waals surface area (Å²) >= 11 is 7.26. The third-order valence-electron chi connectivity index (χ3n) is 4.90. The molecule has 2 heterocycles. The standard InChI is InChI=1S/C23H20ClFN4O2S/c1-14-19-11-20(32-23(19)29(27-14)12-15-6-8-17(25)9-7-15)22(31)28(2)13-21(30)26-18-5-3-4-16(24)10-18/h3-11H,12-13H2,1-2H3,(H,26,30). The van der Waals surface area contributed by atoms with Crippen LogP contribution in [0.5, 0.6) is 0 Å². The van der Waals surface area contributed by atoms with Crippen molar-refractivity contribution >= 4 is 50.7 Å². The van der Waals surface area contributed by atoms with Gasteiger partial charge in [-0.05, 0) is 48.9 Å². The van der Waals surface area contributed by atoms with Gasteiger partial charge in [0, 0.05) is 23.1 Å². The second kappa shape index (κ2) is 9.10. The molecule has 0 fully saturated rings. The van der Waals surface area contributed by atoms with Crippen molar-refractivity contribution in [3.63, 3.8) is 0 Å². The van der Waals surface area contributed by atoms with Gasteiger partial charge in [0.2, 0.25) is 5.91 Å². The molecule has 2 aromatic heterocycles. The molecule has 0 unspecified atom stereocenters. The van der Waals surface area contributed by atoms with Crippen LogP contribution >= 0.6 is 22.9 Å². The van der Waals surface area contributed by atoms with E-state index in [2.05, 4.69) is 10.4 Å². The second-order valence-corrected chi connectivity index (χ2v) is 8.89. The summed E-state index contributed by atoms with van der Waals surface area (Å²) in [6, 6.07) is 14.9. The van der Waals surface area contributed by atoms with Crippen LogP contribution in [0.15, 0.2) is 54.6 Å². The van der Waals surface area contributed by atoms with Crippen LogP contribution in [-0.2, 0) is 11.3 Å². The van der Waals surface area contributed by atoms with Crippen LogP contribution in [0.1, 0.15) is 20.9 Å². The Morgan fingerprint density at radius 1 is 1.19 bits per heavy atom. The maximum atomic E-state index is 13.2. The van der Waals surface area contributed by atoms with E-state index in [-0.39, 0.29) is 24.2 Å². The fourth-order valence-corrected chi connectivity index (χ4v) is 4.68. The number of fused-ring (bicyclic) bond motifs is 1. The first-order valence-electron chi connectivity index (χ1n) is 9.82. The number of hydrogen-bond donors (Lipinski definition) is 1. The third-order valence-corrected chi connectivity index (χ3v) is 6.27. The topological polar surface area (TPSA) is 67.2 Å². The maximum Gasteiger partial charge on any atom is 0.264 e. The molecular formula is C23H20ClFN4O2S. The van der Waals surface area contributed by atoms with Gasteiger partial charge in [-0.2, -0.15) is 5.10 Å². The van der Waals surface area contributed by atoms with Gasteiger partial charge < -0.3 is 10.2 Å². The van der Waals surface area contributed by atoms with E-state index in [1.54, 1.807) is 49.5 Å². The van der Waals surface area contributed by atoms with Crippen LogP contribution in [0.2, 0.25) is 5.02 Å². The summed E-state index contributed by atoms with van der Waals surface area (Å²) in [6.07, 6.45) is 0. The third kappa shape index (κ3) is 4.81. The normalized spacial score (nSPS) is 11.0. The van der Waals surface area contributed by atoms with Crippen molar-refractivity contribution in [2.45, 2.75) is 13.5 Å². The van der Waals surface area contributed by atoms with Crippen LogP contribution in [0, 0.1) is 12.7 Å². The second-order valence-electron chi connectivity index (χ2n) is 7.42. The highest BCUT2D eigenvalue weighted by Gasteiger charge is 2.20. The number of rotatable bonds is 6. The number of benzene rings is 2. The molecule has 32 heavy (non-hydrogen) atoms. The molecule has 4 rings (SSSR count). The first kappa shape index (κ1) is 22.0. The number of thiophene rings is 1. The summed E-state index contributed by atoms with van der Waals surface area (Å²) in [6.45, 7) is 2.25. The van der Waals surface area contributed by atoms with Crippen LogP contribution in [0.3, 0.4) is 0 Å². The Morgan fingerprint density at radius 2 is 1.94 bits per heavy atom. The monoisotopic (exact) mass is 470 g/mol. The molecular weight excluding hydrogens is 451 g/mol. The number of hydrogen-bond acceptors (Lipinski definition) is 4. The van der Waals surface area contributed by atoms with Crippen LogP contribution in [-0.4, -0.2) is 40.1 Å². The minimum atomic E-state index is -0.317. The van der Waals surface area contributed by atoms with E-state index in [0.29, 0.717) is 22.1 Å². The molecule has 4 aromatic rings. The van der Waals surface area contributed by atoms with Crippen molar-refractivity contribution in [1.82, 2.24) is 14.7 Å². The van der Waals surface area contributed by atoms with E-state index in [1.165, 1.54) is 28.4 Å². The molecule has 0 saturated carbocycles. The summed E-state index contributed by atoms with van der Waals surface area (Å²) in [7, 11) is 1.59. The Hall–Kier alpha value is -3.23. The number of aromatic nitrogens is 2. The van der Waals surface area contributed by atoms with Gasteiger partial charge in [0.05, 0.1) is 23.7 Å². The number of nitrogens with zero attached hydrogens (tertiary/aromatic N) is 3. The van der Waals surface area contributed by atoms with Crippen molar-refractivity contribution in [1.29, 1.82) is 0 Å². The molecule has 0 radical (unpaired) electrons. The highest BCUT2D eigenvalue weighted by atomic mass is 35.5. The summed E-state index contributed by atoms with van der Waals surface area (Å²) in [4.78, 5) is 28.0. The van der Waals surface area contributed by atoms with Gasteiger partial charge in [0.15, 0.2) is 0 Å². The Labute approximate surface area is 193 Å². The van der Waals surface area contributed by atoms with Gasteiger partial charge in [0.1, 0.15) is 10.6 Å². The molecule has 0 atom stereocenters. The van der Waals surface area contributed by atoms with Crippen LogP contribution in [0.25, 0.3) is 10.2 Å². The quantitative estimate of drug-likeness (QED) is 0.433. The summed E-state index contributed by atoms with van der Waals surface area (Å²) in [5.41, 5.74) is 2.28. The smallest absolute Gasteiger partial charge is 0.264 e. The zero-order chi connectivity index (χ0) is 22.8. The van der Waals surface area contributed by atoms with Crippen LogP contribution < -0.4 is 5.32 Å². The highest BCUT2D eigenvalue weighted by molar-refractivity contribution is 7.20. The van der Waals surface area contributed by atoms with Gasteiger partial charge in [-0.3, -0.25) is 14.3 Å². The summed E-state index contributed by atoms with van der Waals surface area (Å²) < 4.78 is 15.0. The number of carbonyl (C=O) groups excluding carboxylic acids is 2. The van der Waals surface area contributed by atoms with Crippen molar-refractivity contribution in [3.05, 3.63) is 81.6 Å². The maximum absolute atomic E-state index is 13.2. The van der Waals surface area contributed by atoms with E-state index in [9.17, 15) is 14.0 Å². The van der Waals surface area contributed by atoms with Crippen molar-refractivity contribution < 1.29 is 14.0 Å². The number of likely N-dealkylation sites (N-methyl/N-ethyl adjacent to an activating group) is 1. The Balaban J connectivity index is 1.48. The SMILES string of the molecule is Cc1nn(Cc2ccc(F)cc2)c2sc(C(=O)N(C)CC(=O)Nc3cccc(Cl)c3)cc12. The highest BCUT2D eigenvalue weighted by Crippen LogP contribution is 2.29. The molecule has 1 N–H and O–H groups in total. The number of aryl methyl sites for hydroxylation is 1. The van der Waals surface area contributed by atoms with Gasteiger partial charge in [-0.15, -0.1) is 11.3 Å². The minimum Gasteiger partial charge on any atom is -0.332 e. The van der Waals surface area contributed by atoms with Crippen molar-refractivity contribution in [3.8, 4) is 0 Å². The number of nitrogens with one attached hydrogen (secondary N) is 1. The zero-order valence-corrected chi connectivity index (χ0v) is 19.0. The Kier molecular flexibility index (Phi) is 6.25. The largest absolute Gasteiger partial charge is 0.332 e. The number of amides is 2. The Morgan fingerprint density at radius 3 is 2.66 bits per heavy atom. The molecule has 164 valence electrons. The molecule has 0 saturated heterocycles. The average molecular weight is 471 g/mol. The first-order valence-corrected chi connectivity index (χ1v) is 11.0. The van der Waals surface area contributed by atoms with Gasteiger partial charge >= 0.3 is 0 Å². The Bertz CT molecular complexity index is 1300. The van der Waals surface area contributed by atoms with Gasteiger partial charge in [-0.1, -0.05) is 29.8 Å². The predicted octanol–water partition coefficient (Wildman–Crippen LogP) is 4.96. The van der Waals surface area contributed by atoms with E-state index < -0.39 is 0 Å². The van der Waals surface area contributed by atoms with Crippen molar-refractivity contribution in [2.75, 3.05) is 18.9 Å². The average Bonchev–Trinajstić information content (AvgIpc) is 3.30. The van der Waals surface area contributed by atoms with E-state index in [1.807, 2.05) is 11.6 Å². The van der Waals surface area contributed by atoms with Gasteiger partial charge in [0.25, 0.3) is 5.91 Å². The first-order chi connectivity index (χ1) is 15.3. The summed E-state index contributed by atoms with van der Waals surface area (Å²) in [5, 5.41) is 8.69. The molecule has 2 aromatic carbocycles. The molecule has 0 spiro atoms. The number of halogens is 2. The molecule has 2 amide bonds. The van der Waals surface area contributed by atoms with Gasteiger partial charge in [-0.25, -0.2) is 4.39 Å². The fourth-order valence-electron chi connectivity index (χ4n) is 3.33. The lowest BCUT2D eigenvalue weighted by Gasteiger charge is -2.16. The molecule has 0 aliphatic heterocycles. The fraction of sp³-hybridized carbons (Fsp3) is 0.174. The molecule has 0 aliphatic carbocycles. The minimum absolute atomic E-state index is 0.0969. The number of anilines is 1. The number of carbonyl (C=O) groups is 2. The predicted molar refractivity (Wildman–Crippen MR) is 125 cm³/mol. The molecule has 0 bridgehead atoms. The molecule has 0 aliphatic rings. The van der Waals surface area contributed by atoms with Crippen molar-refractivity contribution in [2.24, 2.45) is 0 Å². The van der Waals surface area contributed by atoms with Crippen LogP contribution in [0.4, 0.5) is 10.1 Å². The van der Waals surface area contributed by atoms with E-state index >= 15 is 0 Å². The van der Waals surface area contributed by atoms with E-state index in [0.717, 1.165) is 21.5 Å².